The van der Waals surface area contributed by atoms with E-state index in [9.17, 15) is 9.59 Å². The molecule has 2 rings (SSSR count). The van der Waals surface area contributed by atoms with Crippen molar-refractivity contribution in [1.82, 2.24) is 15.3 Å². The standard InChI is InChI=1S/C15H21N3O3S/c1-5-9-11-13(19)17-10(7-16-6-8(2)3)18-14(11)22-12(9)15(20)21-4/h8,16H,5-7H2,1-4H3,(H,17,18,19). The molecule has 0 atom stereocenters. The second-order valence-electron chi connectivity index (χ2n) is 5.47. The van der Waals surface area contributed by atoms with E-state index >= 15 is 0 Å². The molecule has 2 aromatic heterocycles. The van der Waals surface area contributed by atoms with Crippen LogP contribution in [-0.2, 0) is 17.7 Å². The molecule has 2 heterocycles. The third-order valence-corrected chi connectivity index (χ3v) is 4.39. The number of fused-ring (bicyclic) bond motifs is 1. The van der Waals surface area contributed by atoms with E-state index in [1.807, 2.05) is 6.92 Å². The molecule has 2 aromatic rings. The third kappa shape index (κ3) is 3.36. The number of H-pyrrole nitrogens is 1. The lowest BCUT2D eigenvalue weighted by Crippen LogP contribution is -2.22. The average Bonchev–Trinajstić information content (AvgIpc) is 2.85. The fraction of sp³-hybridized carbons (Fsp3) is 0.533. The van der Waals surface area contributed by atoms with Crippen LogP contribution in [-0.4, -0.2) is 29.6 Å². The number of carbonyl (C=O) groups excluding carboxylic acids is 1. The maximum absolute atomic E-state index is 12.3. The molecule has 0 aliphatic rings. The van der Waals surface area contributed by atoms with Crippen LogP contribution < -0.4 is 10.9 Å². The van der Waals surface area contributed by atoms with Gasteiger partial charge in [0.2, 0.25) is 0 Å². The summed E-state index contributed by atoms with van der Waals surface area (Å²) in [5, 5.41) is 3.74. The number of nitrogens with one attached hydrogen (secondary N) is 2. The Hall–Kier alpha value is -1.73. The van der Waals surface area contributed by atoms with E-state index in [2.05, 4.69) is 29.1 Å². The van der Waals surface area contributed by atoms with Gasteiger partial charge in [-0.3, -0.25) is 4.79 Å². The molecule has 0 saturated carbocycles. The maximum Gasteiger partial charge on any atom is 0.348 e. The van der Waals surface area contributed by atoms with Crippen molar-refractivity contribution in [3.8, 4) is 0 Å². The number of aromatic amines is 1. The Morgan fingerprint density at radius 3 is 2.77 bits per heavy atom. The Morgan fingerprint density at radius 2 is 2.18 bits per heavy atom. The molecule has 0 aromatic carbocycles. The van der Waals surface area contributed by atoms with Crippen molar-refractivity contribution >= 4 is 27.5 Å². The minimum Gasteiger partial charge on any atom is -0.465 e. The number of nitrogens with zero attached hydrogens (tertiary/aromatic N) is 1. The first kappa shape index (κ1) is 16.6. The van der Waals surface area contributed by atoms with Crippen molar-refractivity contribution in [2.75, 3.05) is 13.7 Å². The number of thiophene rings is 1. The highest BCUT2D eigenvalue weighted by Gasteiger charge is 2.21. The van der Waals surface area contributed by atoms with Crippen LogP contribution in [0.4, 0.5) is 0 Å². The van der Waals surface area contributed by atoms with E-state index in [-0.39, 0.29) is 5.56 Å². The van der Waals surface area contributed by atoms with E-state index in [0.717, 1.165) is 6.54 Å². The van der Waals surface area contributed by atoms with Crippen LogP contribution in [0.2, 0.25) is 0 Å². The van der Waals surface area contributed by atoms with Crippen molar-refractivity contribution in [3.05, 3.63) is 26.6 Å². The second-order valence-corrected chi connectivity index (χ2v) is 6.47. The lowest BCUT2D eigenvalue weighted by atomic mass is 10.1. The molecule has 120 valence electrons. The number of rotatable bonds is 6. The van der Waals surface area contributed by atoms with Gasteiger partial charge in [0, 0.05) is 0 Å². The Labute approximate surface area is 132 Å². The molecule has 6 nitrogen and oxygen atoms in total. The van der Waals surface area contributed by atoms with Crippen LogP contribution in [0.25, 0.3) is 10.2 Å². The van der Waals surface area contributed by atoms with E-state index in [4.69, 9.17) is 4.74 Å². The lowest BCUT2D eigenvalue weighted by Gasteiger charge is -2.06. The largest absolute Gasteiger partial charge is 0.465 e. The molecular weight excluding hydrogens is 302 g/mol. The predicted molar refractivity (Wildman–Crippen MR) is 87.5 cm³/mol. The minimum absolute atomic E-state index is 0.199. The minimum atomic E-state index is -0.418. The van der Waals surface area contributed by atoms with E-state index in [1.165, 1.54) is 18.4 Å². The van der Waals surface area contributed by atoms with Gasteiger partial charge >= 0.3 is 5.97 Å². The quantitative estimate of drug-likeness (QED) is 0.795. The lowest BCUT2D eigenvalue weighted by molar-refractivity contribution is 0.0605. The Kier molecular flexibility index (Phi) is 5.31. The molecule has 0 fully saturated rings. The third-order valence-electron chi connectivity index (χ3n) is 3.28. The molecular formula is C15H21N3O3S. The van der Waals surface area contributed by atoms with Gasteiger partial charge in [0.15, 0.2) is 0 Å². The van der Waals surface area contributed by atoms with Crippen molar-refractivity contribution in [2.24, 2.45) is 5.92 Å². The number of hydrogen-bond acceptors (Lipinski definition) is 6. The van der Waals surface area contributed by atoms with Crippen molar-refractivity contribution in [1.29, 1.82) is 0 Å². The van der Waals surface area contributed by atoms with Crippen LogP contribution in [0, 0.1) is 5.92 Å². The number of ether oxygens (including phenoxy) is 1. The molecule has 0 aliphatic carbocycles. The number of aryl methyl sites for hydroxylation is 1. The molecule has 0 aliphatic heterocycles. The summed E-state index contributed by atoms with van der Waals surface area (Å²) in [6, 6.07) is 0. The Balaban J connectivity index is 2.42. The summed E-state index contributed by atoms with van der Waals surface area (Å²) in [7, 11) is 1.34. The van der Waals surface area contributed by atoms with Crippen LogP contribution in [0.1, 0.15) is 41.8 Å². The fourth-order valence-corrected chi connectivity index (χ4v) is 3.47. The van der Waals surface area contributed by atoms with Crippen LogP contribution in [0.15, 0.2) is 4.79 Å². The molecule has 7 heteroatoms. The zero-order chi connectivity index (χ0) is 16.3. The first-order chi connectivity index (χ1) is 10.5. The van der Waals surface area contributed by atoms with Gasteiger partial charge in [-0.15, -0.1) is 11.3 Å². The summed E-state index contributed by atoms with van der Waals surface area (Å²) >= 11 is 1.22. The normalized spacial score (nSPS) is 11.3. The molecule has 0 amide bonds. The molecule has 2 N–H and O–H groups in total. The van der Waals surface area contributed by atoms with Crippen LogP contribution >= 0.6 is 11.3 Å². The molecule has 0 radical (unpaired) electrons. The summed E-state index contributed by atoms with van der Waals surface area (Å²) in [4.78, 5) is 32.5. The number of hydrogen-bond donors (Lipinski definition) is 2. The zero-order valence-electron chi connectivity index (χ0n) is 13.3. The van der Waals surface area contributed by atoms with E-state index in [1.54, 1.807) is 0 Å². The van der Waals surface area contributed by atoms with Gasteiger partial charge in [0.05, 0.1) is 19.0 Å². The van der Waals surface area contributed by atoms with Gasteiger partial charge in [0.1, 0.15) is 15.5 Å². The zero-order valence-corrected chi connectivity index (χ0v) is 14.1. The van der Waals surface area contributed by atoms with Gasteiger partial charge in [-0.05, 0) is 24.4 Å². The summed E-state index contributed by atoms with van der Waals surface area (Å²) in [6.07, 6.45) is 0.583. The molecule has 0 saturated heterocycles. The van der Waals surface area contributed by atoms with Crippen molar-refractivity contribution in [3.63, 3.8) is 0 Å². The highest BCUT2D eigenvalue weighted by atomic mass is 32.1. The number of methoxy groups -OCH3 is 1. The Bertz CT molecular complexity index is 733. The number of esters is 1. The van der Waals surface area contributed by atoms with Crippen molar-refractivity contribution in [2.45, 2.75) is 33.7 Å². The predicted octanol–water partition coefficient (Wildman–Crippen LogP) is 2.08. The number of carbonyl (C=O) groups is 1. The van der Waals surface area contributed by atoms with Gasteiger partial charge in [-0.1, -0.05) is 20.8 Å². The van der Waals surface area contributed by atoms with Crippen molar-refractivity contribution < 1.29 is 9.53 Å². The van der Waals surface area contributed by atoms with Gasteiger partial charge in [-0.25, -0.2) is 9.78 Å². The molecule has 0 unspecified atom stereocenters. The maximum atomic E-state index is 12.3. The van der Waals surface area contributed by atoms with Crippen LogP contribution in [0.5, 0.6) is 0 Å². The van der Waals surface area contributed by atoms with Gasteiger partial charge < -0.3 is 15.0 Å². The molecule has 0 spiro atoms. The highest BCUT2D eigenvalue weighted by molar-refractivity contribution is 7.20. The van der Waals surface area contributed by atoms with Crippen LogP contribution in [0.3, 0.4) is 0 Å². The summed E-state index contributed by atoms with van der Waals surface area (Å²) in [6.45, 7) is 7.48. The van der Waals surface area contributed by atoms with Gasteiger partial charge in [0.25, 0.3) is 5.56 Å². The Morgan fingerprint density at radius 1 is 1.45 bits per heavy atom. The summed E-state index contributed by atoms with van der Waals surface area (Å²) in [5.74, 6) is 0.687. The average molecular weight is 323 g/mol. The van der Waals surface area contributed by atoms with E-state index < -0.39 is 5.97 Å². The first-order valence-corrected chi connectivity index (χ1v) is 8.13. The topological polar surface area (TPSA) is 84.1 Å². The first-order valence-electron chi connectivity index (χ1n) is 7.31. The summed E-state index contributed by atoms with van der Waals surface area (Å²) in [5.41, 5.74) is 0.511. The second kappa shape index (κ2) is 7.02. The highest BCUT2D eigenvalue weighted by Crippen LogP contribution is 2.28. The van der Waals surface area contributed by atoms with Gasteiger partial charge in [-0.2, -0.15) is 0 Å². The molecule has 0 bridgehead atoms. The monoisotopic (exact) mass is 323 g/mol. The summed E-state index contributed by atoms with van der Waals surface area (Å²) < 4.78 is 4.79. The number of aromatic nitrogens is 2. The SMILES string of the molecule is CCc1c(C(=O)OC)sc2nc(CNCC(C)C)[nH]c(=O)c12. The fourth-order valence-electron chi connectivity index (χ4n) is 2.27. The smallest absolute Gasteiger partial charge is 0.348 e. The molecule has 22 heavy (non-hydrogen) atoms. The van der Waals surface area contributed by atoms with E-state index in [0.29, 0.717) is 45.4 Å².